The van der Waals surface area contributed by atoms with Gasteiger partial charge in [0, 0.05) is 17.8 Å². The fourth-order valence-electron chi connectivity index (χ4n) is 4.64. The van der Waals surface area contributed by atoms with Gasteiger partial charge >= 0.3 is 0 Å². The second-order valence-electron chi connectivity index (χ2n) is 8.93. The molecule has 31 heavy (non-hydrogen) atoms. The van der Waals surface area contributed by atoms with Gasteiger partial charge in [0.2, 0.25) is 0 Å². The normalized spacial score (nSPS) is 19.1. The van der Waals surface area contributed by atoms with Crippen molar-refractivity contribution in [2.24, 2.45) is 11.8 Å². The molecule has 1 N–H and O–H groups in total. The molecule has 4 nitrogen and oxygen atoms in total. The van der Waals surface area contributed by atoms with Crippen LogP contribution in [-0.2, 0) is 6.42 Å². The van der Waals surface area contributed by atoms with Gasteiger partial charge in [-0.2, -0.15) is 0 Å². The van der Waals surface area contributed by atoms with Gasteiger partial charge in [-0.3, -0.25) is 0 Å². The Labute approximate surface area is 189 Å². The molecule has 1 heterocycles. The lowest BCUT2D eigenvalue weighted by atomic mass is 9.79. The standard InChI is InChI=1S/C25H30ClFN4/c1-31(2)11-5-8-18-13-21-24(14-19(18)12-17-6-3-4-7-17)28-16-29-25(21)30-20-9-10-23(27)22(26)15-20/h5,8-10,13,15-17,19H,3-4,6-7,11-12,14H2,1-2H3,(H,28,29,30)/b8-5+. The van der Waals surface area contributed by atoms with Crippen LogP contribution in [0.3, 0.4) is 0 Å². The molecule has 1 fully saturated rings. The molecule has 0 spiro atoms. The van der Waals surface area contributed by atoms with Gasteiger partial charge in [0.05, 0.1) is 10.7 Å². The number of hydrogen-bond acceptors (Lipinski definition) is 4. The number of rotatable bonds is 7. The molecule has 1 atom stereocenters. The Balaban J connectivity index is 1.63. The third-order valence-electron chi connectivity index (χ3n) is 6.24. The largest absolute Gasteiger partial charge is 0.340 e. The Bertz CT molecular complexity index is 979. The molecule has 0 saturated heterocycles. The maximum absolute atomic E-state index is 13.5. The summed E-state index contributed by atoms with van der Waals surface area (Å²) in [5.74, 6) is 1.60. The van der Waals surface area contributed by atoms with E-state index in [0.29, 0.717) is 11.6 Å². The highest BCUT2D eigenvalue weighted by molar-refractivity contribution is 6.31. The van der Waals surface area contributed by atoms with Crippen molar-refractivity contribution < 1.29 is 4.39 Å². The summed E-state index contributed by atoms with van der Waals surface area (Å²) in [5.41, 5.74) is 4.13. The van der Waals surface area contributed by atoms with Crippen LogP contribution in [0.25, 0.3) is 6.08 Å². The predicted molar refractivity (Wildman–Crippen MR) is 126 cm³/mol. The van der Waals surface area contributed by atoms with E-state index in [-0.39, 0.29) is 5.02 Å². The van der Waals surface area contributed by atoms with Gasteiger partial charge in [0.25, 0.3) is 0 Å². The summed E-state index contributed by atoms with van der Waals surface area (Å²) in [4.78, 5) is 11.2. The number of allylic oxidation sites excluding steroid dienone is 2. The first-order chi connectivity index (χ1) is 15.0. The molecule has 2 aliphatic carbocycles. The van der Waals surface area contributed by atoms with E-state index >= 15 is 0 Å². The number of halogens is 2. The molecule has 0 amide bonds. The second kappa shape index (κ2) is 9.92. The van der Waals surface area contributed by atoms with Crippen LogP contribution in [0.5, 0.6) is 0 Å². The number of nitrogens with zero attached hydrogens (tertiary/aromatic N) is 3. The number of nitrogens with one attached hydrogen (secondary N) is 1. The van der Waals surface area contributed by atoms with E-state index in [2.05, 4.69) is 52.5 Å². The van der Waals surface area contributed by atoms with Crippen molar-refractivity contribution in [2.45, 2.75) is 38.5 Å². The Hall–Kier alpha value is -2.24. The van der Waals surface area contributed by atoms with Gasteiger partial charge in [-0.1, -0.05) is 49.4 Å². The predicted octanol–water partition coefficient (Wildman–Crippen LogP) is 6.27. The third kappa shape index (κ3) is 5.52. The highest BCUT2D eigenvalue weighted by Crippen LogP contribution is 2.39. The lowest BCUT2D eigenvalue weighted by Gasteiger charge is -2.27. The van der Waals surface area contributed by atoms with E-state index < -0.39 is 5.82 Å². The summed E-state index contributed by atoms with van der Waals surface area (Å²) < 4.78 is 13.5. The zero-order valence-corrected chi connectivity index (χ0v) is 19.0. The molecule has 2 aliphatic rings. The Kier molecular flexibility index (Phi) is 7.03. The molecule has 1 aromatic heterocycles. The Morgan fingerprint density at radius 3 is 2.77 bits per heavy atom. The van der Waals surface area contributed by atoms with Gasteiger partial charge in [-0.05, 0) is 68.6 Å². The zero-order valence-electron chi connectivity index (χ0n) is 18.2. The quantitative estimate of drug-likeness (QED) is 0.551. The second-order valence-corrected chi connectivity index (χ2v) is 9.34. The number of fused-ring (bicyclic) bond motifs is 1. The summed E-state index contributed by atoms with van der Waals surface area (Å²) in [6, 6.07) is 4.61. The van der Waals surface area contributed by atoms with Gasteiger partial charge in [0.1, 0.15) is 18.0 Å². The van der Waals surface area contributed by atoms with E-state index in [1.54, 1.807) is 18.5 Å². The topological polar surface area (TPSA) is 41.1 Å². The van der Waals surface area contributed by atoms with Crippen LogP contribution in [0.15, 0.2) is 42.3 Å². The molecule has 4 rings (SSSR count). The summed E-state index contributed by atoms with van der Waals surface area (Å²) in [5, 5.41) is 3.39. The smallest absolute Gasteiger partial charge is 0.141 e. The summed E-state index contributed by atoms with van der Waals surface area (Å²) >= 11 is 5.96. The van der Waals surface area contributed by atoms with Crippen LogP contribution in [0, 0.1) is 17.7 Å². The summed E-state index contributed by atoms with van der Waals surface area (Å²) in [6.07, 6.45) is 15.9. The molecule has 0 bridgehead atoms. The van der Waals surface area contributed by atoms with Crippen LogP contribution < -0.4 is 5.32 Å². The van der Waals surface area contributed by atoms with Gasteiger partial charge in [-0.15, -0.1) is 0 Å². The number of anilines is 2. The molecule has 1 saturated carbocycles. The average molecular weight is 441 g/mol. The van der Waals surface area contributed by atoms with Crippen molar-refractivity contribution in [3.05, 3.63) is 64.3 Å². The summed E-state index contributed by atoms with van der Waals surface area (Å²) in [7, 11) is 4.16. The fourth-order valence-corrected chi connectivity index (χ4v) is 4.82. The highest BCUT2D eigenvalue weighted by Gasteiger charge is 2.27. The number of aromatic nitrogens is 2. The van der Waals surface area contributed by atoms with Crippen LogP contribution in [0.2, 0.25) is 5.02 Å². The molecular weight excluding hydrogens is 411 g/mol. The molecule has 2 aromatic rings. The Morgan fingerprint density at radius 1 is 1.23 bits per heavy atom. The van der Waals surface area contributed by atoms with Crippen LogP contribution >= 0.6 is 11.6 Å². The van der Waals surface area contributed by atoms with Crippen LogP contribution in [0.4, 0.5) is 15.9 Å². The molecular formula is C25H30ClFN4. The number of benzene rings is 1. The highest BCUT2D eigenvalue weighted by atomic mass is 35.5. The zero-order chi connectivity index (χ0) is 21.8. The van der Waals surface area contributed by atoms with E-state index in [9.17, 15) is 4.39 Å². The van der Waals surface area contributed by atoms with Crippen molar-refractivity contribution in [1.82, 2.24) is 14.9 Å². The first-order valence-corrected chi connectivity index (χ1v) is 11.5. The first kappa shape index (κ1) is 22.0. The van der Waals surface area contributed by atoms with Crippen molar-refractivity contribution in [2.75, 3.05) is 26.0 Å². The molecule has 6 heteroatoms. The maximum Gasteiger partial charge on any atom is 0.141 e. The molecule has 0 radical (unpaired) electrons. The number of hydrogen-bond donors (Lipinski definition) is 1. The van der Waals surface area contributed by atoms with E-state index in [4.69, 9.17) is 11.6 Å². The molecule has 1 unspecified atom stereocenters. The molecule has 1 aromatic carbocycles. The lowest BCUT2D eigenvalue weighted by Crippen LogP contribution is -2.18. The van der Waals surface area contributed by atoms with Gasteiger partial charge in [-0.25, -0.2) is 14.4 Å². The SMILES string of the molecule is CN(C)C/C=C/C1=Cc2c(ncnc2Nc2ccc(F)c(Cl)c2)CC1CC1CCCC1. The van der Waals surface area contributed by atoms with Gasteiger partial charge in [0.15, 0.2) is 0 Å². The minimum atomic E-state index is -0.431. The Morgan fingerprint density at radius 2 is 2.03 bits per heavy atom. The molecule has 164 valence electrons. The van der Waals surface area contributed by atoms with Crippen molar-refractivity contribution in [3.63, 3.8) is 0 Å². The van der Waals surface area contributed by atoms with E-state index in [1.165, 1.54) is 43.7 Å². The van der Waals surface area contributed by atoms with Crippen molar-refractivity contribution in [1.29, 1.82) is 0 Å². The third-order valence-corrected chi connectivity index (χ3v) is 6.53. The van der Waals surface area contributed by atoms with Gasteiger partial charge < -0.3 is 10.2 Å². The minimum absolute atomic E-state index is 0.0902. The average Bonchev–Trinajstić information content (AvgIpc) is 3.24. The minimum Gasteiger partial charge on any atom is -0.340 e. The van der Waals surface area contributed by atoms with Crippen LogP contribution in [-0.4, -0.2) is 35.5 Å². The molecule has 0 aliphatic heterocycles. The van der Waals surface area contributed by atoms with E-state index in [1.807, 2.05) is 0 Å². The monoisotopic (exact) mass is 440 g/mol. The fraction of sp³-hybridized carbons (Fsp3) is 0.440. The van der Waals surface area contributed by atoms with Crippen LogP contribution in [0.1, 0.15) is 43.4 Å². The number of likely N-dealkylation sites (N-methyl/N-ethyl adjacent to an activating group) is 1. The first-order valence-electron chi connectivity index (χ1n) is 11.1. The lowest BCUT2D eigenvalue weighted by molar-refractivity contribution is 0.411. The summed E-state index contributed by atoms with van der Waals surface area (Å²) in [6.45, 7) is 0.908. The van der Waals surface area contributed by atoms with Crippen molar-refractivity contribution in [3.8, 4) is 0 Å². The maximum atomic E-state index is 13.5. The van der Waals surface area contributed by atoms with E-state index in [0.717, 1.165) is 36.0 Å². The van der Waals surface area contributed by atoms with Crippen molar-refractivity contribution >= 4 is 29.2 Å².